The standard InChI is InChI=1S/C7H14O3/c1-6-5-9-4-3-7(8-2)10-6/h6-7H,3-5H2,1-2H3/t6-,7-/m0/s1. The van der Waals surface area contributed by atoms with Gasteiger partial charge < -0.3 is 14.2 Å². The topological polar surface area (TPSA) is 27.7 Å². The third-order valence-corrected chi connectivity index (χ3v) is 1.50. The van der Waals surface area contributed by atoms with Crippen LogP contribution in [0.3, 0.4) is 0 Å². The highest BCUT2D eigenvalue weighted by molar-refractivity contribution is 4.55. The second kappa shape index (κ2) is 3.91. The molecule has 3 heteroatoms. The number of ether oxygens (including phenoxy) is 3. The quantitative estimate of drug-likeness (QED) is 0.547. The van der Waals surface area contributed by atoms with Crippen LogP contribution in [0.5, 0.6) is 0 Å². The van der Waals surface area contributed by atoms with Crippen LogP contribution >= 0.6 is 0 Å². The van der Waals surface area contributed by atoms with E-state index in [2.05, 4.69) is 0 Å². The van der Waals surface area contributed by atoms with Crippen molar-refractivity contribution in [1.82, 2.24) is 0 Å². The van der Waals surface area contributed by atoms with Crippen molar-refractivity contribution in [3.63, 3.8) is 0 Å². The maximum Gasteiger partial charge on any atom is 0.159 e. The fourth-order valence-corrected chi connectivity index (χ4v) is 0.969. The van der Waals surface area contributed by atoms with Crippen LogP contribution in [0.25, 0.3) is 0 Å². The average Bonchev–Trinajstić information content (AvgIpc) is 2.13. The first-order valence-corrected chi connectivity index (χ1v) is 3.59. The summed E-state index contributed by atoms with van der Waals surface area (Å²) in [5.74, 6) is 0. The first-order valence-electron chi connectivity index (χ1n) is 3.59. The van der Waals surface area contributed by atoms with Gasteiger partial charge in [-0.3, -0.25) is 0 Å². The highest BCUT2D eigenvalue weighted by Crippen LogP contribution is 2.08. The summed E-state index contributed by atoms with van der Waals surface area (Å²) in [5, 5.41) is 0. The normalized spacial score (nSPS) is 35.4. The Morgan fingerprint density at radius 2 is 2.30 bits per heavy atom. The number of hydrogen-bond donors (Lipinski definition) is 0. The molecule has 1 rings (SSSR count). The zero-order valence-electron chi connectivity index (χ0n) is 6.50. The molecule has 0 N–H and O–H groups in total. The van der Waals surface area contributed by atoms with E-state index in [4.69, 9.17) is 14.2 Å². The summed E-state index contributed by atoms with van der Waals surface area (Å²) in [6.07, 6.45) is 0.922. The van der Waals surface area contributed by atoms with Gasteiger partial charge in [0, 0.05) is 13.5 Å². The van der Waals surface area contributed by atoms with E-state index >= 15 is 0 Å². The molecule has 0 spiro atoms. The number of hydrogen-bond acceptors (Lipinski definition) is 3. The van der Waals surface area contributed by atoms with Gasteiger partial charge in [-0.15, -0.1) is 0 Å². The van der Waals surface area contributed by atoms with E-state index in [1.165, 1.54) is 0 Å². The maximum atomic E-state index is 5.41. The van der Waals surface area contributed by atoms with Crippen LogP contribution in [-0.2, 0) is 14.2 Å². The van der Waals surface area contributed by atoms with Crippen molar-refractivity contribution in [2.24, 2.45) is 0 Å². The summed E-state index contributed by atoms with van der Waals surface area (Å²) >= 11 is 0. The molecular weight excluding hydrogens is 132 g/mol. The van der Waals surface area contributed by atoms with Crippen LogP contribution in [0.15, 0.2) is 0 Å². The number of methoxy groups -OCH3 is 1. The second-order valence-electron chi connectivity index (χ2n) is 2.48. The fourth-order valence-electron chi connectivity index (χ4n) is 0.969. The molecule has 0 amide bonds. The lowest BCUT2D eigenvalue weighted by Crippen LogP contribution is -2.20. The van der Waals surface area contributed by atoms with Crippen molar-refractivity contribution >= 4 is 0 Å². The predicted molar refractivity (Wildman–Crippen MR) is 36.8 cm³/mol. The summed E-state index contributed by atoms with van der Waals surface area (Å²) < 4.78 is 15.7. The molecule has 0 bridgehead atoms. The third kappa shape index (κ3) is 2.25. The van der Waals surface area contributed by atoms with Gasteiger partial charge in [0.05, 0.1) is 19.3 Å². The van der Waals surface area contributed by atoms with Crippen molar-refractivity contribution in [3.8, 4) is 0 Å². The first kappa shape index (κ1) is 7.98. The maximum absolute atomic E-state index is 5.41. The Morgan fingerprint density at radius 3 is 3.00 bits per heavy atom. The Balaban J connectivity index is 2.30. The SMILES string of the molecule is CO[C@@H]1CCOC[C@H](C)O1. The van der Waals surface area contributed by atoms with Crippen LogP contribution < -0.4 is 0 Å². The minimum atomic E-state index is -0.0718. The highest BCUT2D eigenvalue weighted by atomic mass is 16.7. The van der Waals surface area contributed by atoms with E-state index < -0.39 is 0 Å². The van der Waals surface area contributed by atoms with Gasteiger partial charge in [-0.2, -0.15) is 0 Å². The van der Waals surface area contributed by atoms with E-state index in [0.717, 1.165) is 13.0 Å². The van der Waals surface area contributed by atoms with Gasteiger partial charge in [-0.1, -0.05) is 0 Å². The molecule has 0 radical (unpaired) electrons. The summed E-state index contributed by atoms with van der Waals surface area (Å²) in [6, 6.07) is 0. The molecule has 0 aliphatic carbocycles. The average molecular weight is 146 g/mol. The largest absolute Gasteiger partial charge is 0.379 e. The Kier molecular flexibility index (Phi) is 3.12. The van der Waals surface area contributed by atoms with Gasteiger partial charge >= 0.3 is 0 Å². The lowest BCUT2D eigenvalue weighted by molar-refractivity contribution is -0.145. The molecule has 0 aromatic carbocycles. The van der Waals surface area contributed by atoms with E-state index in [1.54, 1.807) is 7.11 Å². The molecule has 10 heavy (non-hydrogen) atoms. The number of rotatable bonds is 1. The molecule has 60 valence electrons. The molecule has 1 fully saturated rings. The molecule has 3 nitrogen and oxygen atoms in total. The Bertz CT molecular complexity index is 94.9. The Hall–Kier alpha value is -0.120. The summed E-state index contributed by atoms with van der Waals surface area (Å²) in [6.45, 7) is 3.40. The molecule has 1 saturated heterocycles. The van der Waals surface area contributed by atoms with Crippen LogP contribution in [0.1, 0.15) is 13.3 Å². The molecule has 0 unspecified atom stereocenters. The fraction of sp³-hybridized carbons (Fsp3) is 1.00. The highest BCUT2D eigenvalue weighted by Gasteiger charge is 2.16. The van der Waals surface area contributed by atoms with Crippen LogP contribution in [0.4, 0.5) is 0 Å². The lowest BCUT2D eigenvalue weighted by atomic mass is 10.4. The van der Waals surface area contributed by atoms with Gasteiger partial charge in [-0.05, 0) is 6.92 Å². The van der Waals surface area contributed by atoms with Gasteiger partial charge in [-0.25, -0.2) is 0 Å². The zero-order valence-corrected chi connectivity index (χ0v) is 6.50. The molecule has 0 saturated carbocycles. The Labute approximate surface area is 61.3 Å². The van der Waals surface area contributed by atoms with Crippen molar-refractivity contribution in [2.45, 2.75) is 25.7 Å². The van der Waals surface area contributed by atoms with E-state index in [9.17, 15) is 0 Å². The Morgan fingerprint density at radius 1 is 1.50 bits per heavy atom. The summed E-state index contributed by atoms with van der Waals surface area (Å²) in [7, 11) is 1.66. The van der Waals surface area contributed by atoms with E-state index in [-0.39, 0.29) is 12.4 Å². The van der Waals surface area contributed by atoms with Crippen molar-refractivity contribution in [2.75, 3.05) is 20.3 Å². The van der Waals surface area contributed by atoms with Crippen molar-refractivity contribution < 1.29 is 14.2 Å². The monoisotopic (exact) mass is 146 g/mol. The molecule has 1 heterocycles. The van der Waals surface area contributed by atoms with E-state index in [0.29, 0.717) is 6.61 Å². The molecular formula is C7H14O3. The van der Waals surface area contributed by atoms with Crippen LogP contribution in [0, 0.1) is 0 Å². The summed E-state index contributed by atoms with van der Waals surface area (Å²) in [4.78, 5) is 0. The zero-order chi connectivity index (χ0) is 7.40. The smallest absolute Gasteiger partial charge is 0.159 e. The van der Waals surface area contributed by atoms with Crippen molar-refractivity contribution in [3.05, 3.63) is 0 Å². The van der Waals surface area contributed by atoms with Crippen LogP contribution in [0.2, 0.25) is 0 Å². The molecule has 0 aromatic rings. The minimum absolute atomic E-state index is 0.0718. The third-order valence-electron chi connectivity index (χ3n) is 1.50. The summed E-state index contributed by atoms with van der Waals surface area (Å²) in [5.41, 5.74) is 0. The second-order valence-corrected chi connectivity index (χ2v) is 2.48. The molecule has 0 aromatic heterocycles. The lowest BCUT2D eigenvalue weighted by Gasteiger charge is -2.15. The van der Waals surface area contributed by atoms with Gasteiger partial charge in [0.1, 0.15) is 0 Å². The van der Waals surface area contributed by atoms with Gasteiger partial charge in [0.15, 0.2) is 6.29 Å². The molecule has 1 aliphatic rings. The van der Waals surface area contributed by atoms with Crippen LogP contribution in [-0.4, -0.2) is 32.7 Å². The predicted octanol–water partition coefficient (Wildman–Crippen LogP) is 0.784. The van der Waals surface area contributed by atoms with Crippen molar-refractivity contribution in [1.29, 1.82) is 0 Å². The van der Waals surface area contributed by atoms with Gasteiger partial charge in [0.2, 0.25) is 0 Å². The first-order chi connectivity index (χ1) is 4.83. The van der Waals surface area contributed by atoms with Gasteiger partial charge in [0.25, 0.3) is 0 Å². The van der Waals surface area contributed by atoms with E-state index in [1.807, 2.05) is 6.92 Å². The minimum Gasteiger partial charge on any atom is -0.379 e. The molecule has 1 aliphatic heterocycles. The molecule has 2 atom stereocenters.